The van der Waals surface area contributed by atoms with Crippen LogP contribution in [0.25, 0.3) is 5.13 Å². The molecule has 29 heavy (non-hydrogen) atoms. The van der Waals surface area contributed by atoms with Gasteiger partial charge in [0.15, 0.2) is 5.69 Å². The second-order valence-corrected chi connectivity index (χ2v) is 8.14. The van der Waals surface area contributed by atoms with Gasteiger partial charge in [-0.25, -0.2) is 4.98 Å². The Hall–Kier alpha value is -3.34. The quantitative estimate of drug-likeness (QED) is 0.370. The zero-order valence-corrected chi connectivity index (χ0v) is 17.4. The SMILES string of the molecule is COc1ccc([N+](=O)[O-])cc1N=Nc1c(C)[nH]n(-c2nc(C(C)(C)C)cs2)c1=O. The minimum Gasteiger partial charge on any atom is -0.494 e. The van der Waals surface area contributed by atoms with Gasteiger partial charge in [0.1, 0.15) is 11.4 Å². The number of H-pyrrole nitrogens is 1. The van der Waals surface area contributed by atoms with Crippen molar-refractivity contribution in [1.29, 1.82) is 0 Å². The number of nitrogens with one attached hydrogen (secondary N) is 1. The number of thiazole rings is 1. The van der Waals surface area contributed by atoms with E-state index in [0.717, 1.165) is 5.69 Å². The third kappa shape index (κ3) is 4.09. The van der Waals surface area contributed by atoms with Gasteiger partial charge in [-0.1, -0.05) is 20.8 Å². The topological polar surface area (TPSA) is 128 Å². The summed E-state index contributed by atoms with van der Waals surface area (Å²) in [5.41, 5.74) is 0.910. The van der Waals surface area contributed by atoms with E-state index in [0.29, 0.717) is 16.6 Å². The molecular weight excluding hydrogens is 396 g/mol. The van der Waals surface area contributed by atoms with Crippen molar-refractivity contribution in [3.8, 4) is 10.9 Å². The summed E-state index contributed by atoms with van der Waals surface area (Å²) in [6, 6.07) is 3.97. The van der Waals surface area contributed by atoms with Crippen LogP contribution in [0.2, 0.25) is 0 Å². The van der Waals surface area contributed by atoms with Crippen LogP contribution in [0, 0.1) is 17.0 Å². The molecule has 0 amide bonds. The Balaban J connectivity index is 2.00. The molecule has 0 fully saturated rings. The summed E-state index contributed by atoms with van der Waals surface area (Å²) in [4.78, 5) is 27.8. The number of non-ortho nitro benzene ring substituents is 1. The van der Waals surface area contributed by atoms with Crippen LogP contribution < -0.4 is 10.3 Å². The Morgan fingerprint density at radius 3 is 2.62 bits per heavy atom. The van der Waals surface area contributed by atoms with E-state index in [1.165, 1.54) is 41.3 Å². The van der Waals surface area contributed by atoms with Gasteiger partial charge in [0.25, 0.3) is 5.69 Å². The van der Waals surface area contributed by atoms with Crippen LogP contribution in [0.3, 0.4) is 0 Å². The molecule has 0 bridgehead atoms. The molecule has 11 heteroatoms. The summed E-state index contributed by atoms with van der Waals surface area (Å²) in [5.74, 6) is 0.308. The fraction of sp³-hybridized carbons (Fsp3) is 0.333. The molecule has 0 atom stereocenters. The van der Waals surface area contributed by atoms with Gasteiger partial charge < -0.3 is 4.74 Å². The Bertz CT molecular complexity index is 1150. The second-order valence-electron chi connectivity index (χ2n) is 7.30. The molecule has 2 aromatic heterocycles. The standard InChI is InChI=1S/C18H20N6O4S/c1-10-15(21-20-12-8-11(24(26)27)6-7-13(12)28-5)16(25)23(22-10)17-19-14(9-29-17)18(2,3)4/h6-9,22H,1-5H3. The number of aromatic nitrogens is 3. The van der Waals surface area contributed by atoms with E-state index >= 15 is 0 Å². The number of hydrogen-bond acceptors (Lipinski definition) is 8. The van der Waals surface area contributed by atoms with Crippen molar-refractivity contribution in [2.45, 2.75) is 33.1 Å². The summed E-state index contributed by atoms with van der Waals surface area (Å²) in [6.07, 6.45) is 0. The van der Waals surface area contributed by atoms with Crippen LogP contribution in [0.4, 0.5) is 17.1 Å². The maximum absolute atomic E-state index is 12.8. The normalized spacial score (nSPS) is 11.9. The van der Waals surface area contributed by atoms with Gasteiger partial charge in [-0.2, -0.15) is 4.68 Å². The van der Waals surface area contributed by atoms with Crippen LogP contribution in [0.5, 0.6) is 5.75 Å². The van der Waals surface area contributed by atoms with Crippen molar-refractivity contribution in [2.75, 3.05) is 7.11 Å². The lowest BCUT2D eigenvalue weighted by molar-refractivity contribution is -0.384. The number of nitrogens with zero attached hydrogens (tertiary/aromatic N) is 5. The molecule has 1 N–H and O–H groups in total. The zero-order valence-electron chi connectivity index (χ0n) is 16.6. The molecule has 1 aromatic carbocycles. The average molecular weight is 416 g/mol. The predicted octanol–water partition coefficient (Wildman–Crippen LogP) is 4.56. The van der Waals surface area contributed by atoms with Crippen molar-refractivity contribution < 1.29 is 9.66 Å². The molecule has 0 radical (unpaired) electrons. The minimum absolute atomic E-state index is 0.0890. The number of hydrogen-bond donors (Lipinski definition) is 1. The molecular formula is C18H20N6O4S. The van der Waals surface area contributed by atoms with Gasteiger partial charge in [0.2, 0.25) is 5.13 Å². The number of ether oxygens (including phenoxy) is 1. The van der Waals surface area contributed by atoms with Crippen molar-refractivity contribution in [3.63, 3.8) is 0 Å². The fourth-order valence-corrected chi connectivity index (χ4v) is 3.48. The van der Waals surface area contributed by atoms with Crippen molar-refractivity contribution in [2.24, 2.45) is 10.2 Å². The van der Waals surface area contributed by atoms with Gasteiger partial charge in [-0.05, 0) is 13.0 Å². The minimum atomic E-state index is -0.539. The maximum atomic E-state index is 12.8. The van der Waals surface area contributed by atoms with Crippen molar-refractivity contribution in [1.82, 2.24) is 14.8 Å². The zero-order chi connectivity index (χ0) is 21.3. The molecule has 3 aromatic rings. The predicted molar refractivity (Wildman–Crippen MR) is 109 cm³/mol. The van der Waals surface area contributed by atoms with Crippen LogP contribution in [-0.4, -0.2) is 26.8 Å². The number of aryl methyl sites for hydroxylation is 1. The number of benzene rings is 1. The highest BCUT2D eigenvalue weighted by atomic mass is 32.1. The van der Waals surface area contributed by atoms with E-state index in [-0.39, 0.29) is 22.5 Å². The summed E-state index contributed by atoms with van der Waals surface area (Å²) >= 11 is 1.34. The maximum Gasteiger partial charge on any atom is 0.301 e. The molecule has 0 unspecified atom stereocenters. The van der Waals surface area contributed by atoms with Gasteiger partial charge in [0.05, 0.1) is 23.4 Å². The Morgan fingerprint density at radius 2 is 2.03 bits per heavy atom. The third-order valence-corrected chi connectivity index (χ3v) is 4.95. The lowest BCUT2D eigenvalue weighted by atomic mass is 9.93. The van der Waals surface area contributed by atoms with Crippen molar-refractivity contribution in [3.05, 3.63) is 55.4 Å². The lowest BCUT2D eigenvalue weighted by Gasteiger charge is -2.13. The summed E-state index contributed by atoms with van der Waals surface area (Å²) in [7, 11) is 1.42. The van der Waals surface area contributed by atoms with Gasteiger partial charge in [-0.15, -0.1) is 21.6 Å². The van der Waals surface area contributed by atoms with E-state index in [4.69, 9.17) is 4.74 Å². The van der Waals surface area contributed by atoms with Crippen LogP contribution in [0.1, 0.15) is 32.2 Å². The Labute approximate surface area is 170 Å². The molecule has 2 heterocycles. The first-order valence-corrected chi connectivity index (χ1v) is 9.52. The highest BCUT2D eigenvalue weighted by Gasteiger charge is 2.20. The number of azo groups is 1. The summed E-state index contributed by atoms with van der Waals surface area (Å²) < 4.78 is 6.48. The molecule has 152 valence electrons. The van der Waals surface area contributed by atoms with E-state index in [2.05, 4.69) is 20.3 Å². The highest BCUT2D eigenvalue weighted by Crippen LogP contribution is 2.33. The van der Waals surface area contributed by atoms with E-state index in [1.807, 2.05) is 26.2 Å². The number of methoxy groups -OCH3 is 1. The first-order chi connectivity index (χ1) is 13.6. The van der Waals surface area contributed by atoms with Crippen LogP contribution in [0.15, 0.2) is 38.6 Å². The van der Waals surface area contributed by atoms with Gasteiger partial charge in [0, 0.05) is 22.9 Å². The lowest BCUT2D eigenvalue weighted by Crippen LogP contribution is -2.16. The van der Waals surface area contributed by atoms with Crippen LogP contribution >= 0.6 is 11.3 Å². The van der Waals surface area contributed by atoms with Gasteiger partial charge >= 0.3 is 5.56 Å². The smallest absolute Gasteiger partial charge is 0.301 e. The Kier molecular flexibility index (Phi) is 5.33. The number of rotatable bonds is 5. The number of nitro groups is 1. The third-order valence-electron chi connectivity index (χ3n) is 4.12. The second kappa shape index (κ2) is 7.59. The molecule has 0 aliphatic carbocycles. The van der Waals surface area contributed by atoms with Gasteiger partial charge in [-0.3, -0.25) is 20.0 Å². The first kappa shape index (κ1) is 20.4. The molecule has 0 aliphatic rings. The molecule has 3 rings (SSSR count). The average Bonchev–Trinajstić information content (AvgIpc) is 3.25. The first-order valence-electron chi connectivity index (χ1n) is 8.64. The van der Waals surface area contributed by atoms with E-state index < -0.39 is 10.5 Å². The summed E-state index contributed by atoms with van der Waals surface area (Å²) in [6.45, 7) is 7.82. The van der Waals surface area contributed by atoms with E-state index in [1.54, 1.807) is 6.92 Å². The van der Waals surface area contributed by atoms with Crippen molar-refractivity contribution >= 4 is 28.4 Å². The monoisotopic (exact) mass is 416 g/mol. The largest absolute Gasteiger partial charge is 0.494 e. The number of nitro benzene ring substituents is 1. The van der Waals surface area contributed by atoms with E-state index in [9.17, 15) is 14.9 Å². The molecule has 0 saturated carbocycles. The van der Waals surface area contributed by atoms with Crippen LogP contribution in [-0.2, 0) is 5.41 Å². The highest BCUT2D eigenvalue weighted by molar-refractivity contribution is 7.12. The number of aromatic amines is 1. The Morgan fingerprint density at radius 1 is 1.31 bits per heavy atom. The molecule has 10 nitrogen and oxygen atoms in total. The molecule has 0 spiro atoms. The molecule has 0 aliphatic heterocycles. The fourth-order valence-electron chi connectivity index (χ4n) is 2.48. The summed E-state index contributed by atoms with van der Waals surface area (Å²) in [5, 5.41) is 24.4. The molecule has 0 saturated heterocycles.